The van der Waals surface area contributed by atoms with Gasteiger partial charge in [0.1, 0.15) is 11.7 Å². The molecule has 0 spiro atoms. The summed E-state index contributed by atoms with van der Waals surface area (Å²) in [5.41, 5.74) is 1.70. The third-order valence-electron chi connectivity index (χ3n) is 5.50. The lowest BCUT2D eigenvalue weighted by Crippen LogP contribution is -2.37. The van der Waals surface area contributed by atoms with Crippen molar-refractivity contribution in [1.82, 2.24) is 0 Å². The lowest BCUT2D eigenvalue weighted by atomic mass is 9.90. The number of imide groups is 1. The minimum Gasteiger partial charge on any atom is -0.508 e. The molecule has 3 atom stereocenters. The number of para-hydroxylation sites is 1. The maximum Gasteiger partial charge on any atom is 0.266 e. The van der Waals surface area contributed by atoms with E-state index in [4.69, 9.17) is 28.0 Å². The molecule has 1 N–H and O–H groups in total. The molecule has 8 heteroatoms. The van der Waals surface area contributed by atoms with Gasteiger partial charge in [0.15, 0.2) is 6.10 Å². The van der Waals surface area contributed by atoms with Gasteiger partial charge in [0.25, 0.3) is 5.91 Å². The highest BCUT2D eigenvalue weighted by atomic mass is 35.5. The number of aromatic hydroxyl groups is 1. The third kappa shape index (κ3) is 3.24. The molecule has 2 aliphatic rings. The highest BCUT2D eigenvalue weighted by molar-refractivity contribution is 6.42. The largest absolute Gasteiger partial charge is 0.508 e. The Labute approximate surface area is 188 Å². The van der Waals surface area contributed by atoms with Crippen molar-refractivity contribution in [3.05, 3.63) is 88.4 Å². The van der Waals surface area contributed by atoms with E-state index in [1.807, 2.05) is 30.3 Å². The second kappa shape index (κ2) is 7.57. The molecule has 2 heterocycles. The number of anilines is 2. The smallest absolute Gasteiger partial charge is 0.266 e. The van der Waals surface area contributed by atoms with Gasteiger partial charge in [-0.15, -0.1) is 0 Å². The second-order valence-corrected chi connectivity index (χ2v) is 8.18. The first-order chi connectivity index (χ1) is 15.0. The molecule has 2 amide bonds. The highest BCUT2D eigenvalue weighted by Gasteiger charge is 2.60. The molecule has 0 unspecified atom stereocenters. The summed E-state index contributed by atoms with van der Waals surface area (Å²) >= 11 is 12.1. The Balaban J connectivity index is 1.59. The monoisotopic (exact) mass is 454 g/mol. The summed E-state index contributed by atoms with van der Waals surface area (Å²) in [4.78, 5) is 33.9. The van der Waals surface area contributed by atoms with Crippen LogP contribution >= 0.6 is 23.2 Å². The van der Waals surface area contributed by atoms with Gasteiger partial charge in [-0.25, -0.2) is 9.96 Å². The maximum atomic E-state index is 13.5. The van der Waals surface area contributed by atoms with Gasteiger partial charge in [-0.2, -0.15) is 0 Å². The van der Waals surface area contributed by atoms with Crippen molar-refractivity contribution < 1.29 is 19.5 Å². The number of carbonyl (C=O) groups excluding carboxylic acids is 2. The summed E-state index contributed by atoms with van der Waals surface area (Å²) in [7, 11) is 0. The van der Waals surface area contributed by atoms with E-state index in [9.17, 15) is 14.7 Å². The van der Waals surface area contributed by atoms with Crippen molar-refractivity contribution in [3.63, 3.8) is 0 Å². The van der Waals surface area contributed by atoms with Crippen molar-refractivity contribution in [1.29, 1.82) is 0 Å². The molecule has 0 saturated carbocycles. The molecule has 0 bridgehead atoms. The number of halogens is 2. The molecule has 31 heavy (non-hydrogen) atoms. The SMILES string of the molecule is O=C1[C@@H]2[C@@H](c3cccc(O)c3)N(c3ccccc3)O[C@H]2C(=O)N1c1ccc(Cl)c(Cl)c1. The number of nitrogens with zero attached hydrogens (tertiary/aromatic N) is 2. The first-order valence-corrected chi connectivity index (χ1v) is 10.3. The minimum absolute atomic E-state index is 0.0621. The fraction of sp³-hybridized carbons (Fsp3) is 0.130. The van der Waals surface area contributed by atoms with Gasteiger partial charge in [-0.3, -0.25) is 14.4 Å². The van der Waals surface area contributed by atoms with Gasteiger partial charge < -0.3 is 5.11 Å². The van der Waals surface area contributed by atoms with Crippen LogP contribution in [0.5, 0.6) is 5.75 Å². The predicted octanol–water partition coefficient (Wildman–Crippen LogP) is 4.75. The number of phenolic OH excluding ortho intramolecular Hbond substituents is 1. The van der Waals surface area contributed by atoms with Crippen LogP contribution in [0.3, 0.4) is 0 Å². The molecule has 0 aliphatic carbocycles. The molecule has 2 fully saturated rings. The number of fused-ring (bicyclic) bond motifs is 1. The average Bonchev–Trinajstić information content (AvgIpc) is 3.27. The Kier molecular flexibility index (Phi) is 4.85. The zero-order valence-corrected chi connectivity index (χ0v) is 17.5. The number of hydrogen-bond donors (Lipinski definition) is 1. The number of hydrogen-bond acceptors (Lipinski definition) is 5. The fourth-order valence-electron chi connectivity index (χ4n) is 4.14. The van der Waals surface area contributed by atoms with E-state index in [1.165, 1.54) is 12.1 Å². The first-order valence-electron chi connectivity index (χ1n) is 9.58. The Hall–Kier alpha value is -3.06. The van der Waals surface area contributed by atoms with E-state index in [-0.39, 0.29) is 10.8 Å². The van der Waals surface area contributed by atoms with E-state index in [0.717, 1.165) is 4.90 Å². The van der Waals surface area contributed by atoms with Crippen molar-refractivity contribution in [3.8, 4) is 5.75 Å². The van der Waals surface area contributed by atoms with E-state index in [1.54, 1.807) is 35.4 Å². The summed E-state index contributed by atoms with van der Waals surface area (Å²) < 4.78 is 0. The number of phenols is 1. The van der Waals surface area contributed by atoms with Gasteiger partial charge in [0.2, 0.25) is 5.91 Å². The summed E-state index contributed by atoms with van der Waals surface area (Å²) in [6, 6.07) is 19.8. The van der Waals surface area contributed by atoms with Gasteiger partial charge in [0, 0.05) is 0 Å². The van der Waals surface area contributed by atoms with Crippen LogP contribution in [0.1, 0.15) is 11.6 Å². The Bertz CT molecular complexity index is 1190. The van der Waals surface area contributed by atoms with Crippen LogP contribution < -0.4 is 9.96 Å². The quantitative estimate of drug-likeness (QED) is 0.578. The Morgan fingerprint density at radius 3 is 2.29 bits per heavy atom. The lowest BCUT2D eigenvalue weighted by Gasteiger charge is -2.28. The van der Waals surface area contributed by atoms with E-state index >= 15 is 0 Å². The average molecular weight is 455 g/mol. The van der Waals surface area contributed by atoms with Crippen molar-refractivity contribution >= 4 is 46.4 Å². The normalized spacial score (nSPS) is 22.8. The van der Waals surface area contributed by atoms with Gasteiger partial charge in [0.05, 0.1) is 27.5 Å². The zero-order valence-electron chi connectivity index (χ0n) is 16.0. The van der Waals surface area contributed by atoms with Gasteiger partial charge >= 0.3 is 0 Å². The molecular weight excluding hydrogens is 439 g/mol. The highest BCUT2D eigenvalue weighted by Crippen LogP contribution is 2.48. The fourth-order valence-corrected chi connectivity index (χ4v) is 4.43. The van der Waals surface area contributed by atoms with Crippen LogP contribution in [0.15, 0.2) is 72.8 Å². The molecule has 156 valence electrons. The van der Waals surface area contributed by atoms with Crippen LogP contribution in [-0.2, 0) is 14.4 Å². The number of rotatable bonds is 3. The van der Waals surface area contributed by atoms with Crippen LogP contribution in [-0.4, -0.2) is 23.0 Å². The van der Waals surface area contributed by atoms with Crippen molar-refractivity contribution in [2.45, 2.75) is 12.1 Å². The maximum absolute atomic E-state index is 13.5. The molecule has 2 aliphatic heterocycles. The second-order valence-electron chi connectivity index (χ2n) is 7.36. The summed E-state index contributed by atoms with van der Waals surface area (Å²) in [5, 5.41) is 12.2. The minimum atomic E-state index is -1.01. The summed E-state index contributed by atoms with van der Waals surface area (Å²) in [6.07, 6.45) is -1.01. The van der Waals surface area contributed by atoms with Crippen molar-refractivity contribution in [2.75, 3.05) is 9.96 Å². The van der Waals surface area contributed by atoms with Gasteiger partial charge in [-0.05, 0) is 48.0 Å². The zero-order chi connectivity index (χ0) is 21.7. The Morgan fingerprint density at radius 1 is 0.806 bits per heavy atom. The molecule has 2 saturated heterocycles. The number of carbonyl (C=O) groups is 2. The van der Waals surface area contributed by atoms with Crippen LogP contribution in [0.25, 0.3) is 0 Å². The Morgan fingerprint density at radius 2 is 1.58 bits per heavy atom. The summed E-state index contributed by atoms with van der Waals surface area (Å²) in [5.74, 6) is -1.62. The summed E-state index contributed by atoms with van der Waals surface area (Å²) in [6.45, 7) is 0. The molecule has 0 radical (unpaired) electrons. The molecule has 0 aromatic heterocycles. The number of hydroxylamine groups is 1. The molecular formula is C23H16Cl2N2O4. The van der Waals surface area contributed by atoms with E-state index in [2.05, 4.69) is 0 Å². The number of benzene rings is 3. The standard InChI is InChI=1S/C23H16Cl2N2O4/c24-17-10-9-15(12-18(17)25)26-22(29)19-20(13-5-4-8-16(28)11-13)27(31-21(19)23(26)30)14-6-2-1-3-7-14/h1-12,19-21,28H/t19-,20-,21-/m1/s1. The van der Waals surface area contributed by atoms with E-state index in [0.29, 0.717) is 22.0 Å². The lowest BCUT2D eigenvalue weighted by molar-refractivity contribution is -0.126. The predicted molar refractivity (Wildman–Crippen MR) is 117 cm³/mol. The van der Waals surface area contributed by atoms with Crippen LogP contribution in [0.2, 0.25) is 10.0 Å². The van der Waals surface area contributed by atoms with Gasteiger partial charge in [-0.1, -0.05) is 53.5 Å². The van der Waals surface area contributed by atoms with E-state index < -0.39 is 29.9 Å². The topological polar surface area (TPSA) is 70.1 Å². The van der Waals surface area contributed by atoms with Crippen LogP contribution in [0.4, 0.5) is 11.4 Å². The molecule has 3 aromatic rings. The van der Waals surface area contributed by atoms with Crippen LogP contribution in [0, 0.1) is 5.92 Å². The van der Waals surface area contributed by atoms with Crippen molar-refractivity contribution in [2.24, 2.45) is 5.92 Å². The third-order valence-corrected chi connectivity index (χ3v) is 6.24. The molecule has 6 nitrogen and oxygen atoms in total. The molecule has 3 aromatic carbocycles. The first kappa shape index (κ1) is 19.9. The molecule has 5 rings (SSSR count). The number of amides is 2.